The molecule has 1 saturated carbocycles. The summed E-state index contributed by atoms with van der Waals surface area (Å²) in [5.74, 6) is 3.57. The number of fused-ring (bicyclic) bond motifs is 1. The summed E-state index contributed by atoms with van der Waals surface area (Å²) in [5.41, 5.74) is -0.00601. The molecule has 1 aromatic rings. The highest BCUT2D eigenvalue weighted by Gasteiger charge is 2.58. The van der Waals surface area contributed by atoms with Crippen molar-refractivity contribution < 1.29 is 4.74 Å². The lowest BCUT2D eigenvalue weighted by Crippen LogP contribution is -2.69. The first-order chi connectivity index (χ1) is 11.8. The van der Waals surface area contributed by atoms with E-state index in [1.165, 1.54) is 0 Å². The lowest BCUT2D eigenvalue weighted by molar-refractivity contribution is -0.176. The van der Waals surface area contributed by atoms with Crippen molar-refractivity contribution in [2.75, 3.05) is 20.7 Å². The largest absolute Gasteiger partial charge is 0.378 e. The molecule has 3 atom stereocenters. The number of nitrogens with zero attached hydrogens (tertiary/aromatic N) is 4. The number of aromatic nitrogens is 3. The average molecular weight is 476 g/mol. The maximum Gasteiger partial charge on any atom is 0.191 e. The predicted octanol–water partition coefficient (Wildman–Crippen LogP) is 2.14. The van der Waals surface area contributed by atoms with Crippen molar-refractivity contribution in [3.63, 3.8) is 0 Å². The Morgan fingerprint density at radius 3 is 2.69 bits per heavy atom. The van der Waals surface area contributed by atoms with E-state index in [9.17, 15) is 0 Å². The predicted molar refractivity (Wildman–Crippen MR) is 114 cm³/mol. The molecule has 8 heteroatoms. The van der Waals surface area contributed by atoms with Crippen LogP contribution in [0.4, 0.5) is 0 Å². The quantitative estimate of drug-likeness (QED) is 0.396. The summed E-state index contributed by atoms with van der Waals surface area (Å²) in [6.07, 6.45) is 3.13. The molecule has 26 heavy (non-hydrogen) atoms. The highest BCUT2D eigenvalue weighted by molar-refractivity contribution is 14.0. The number of ether oxygens (including phenoxy) is 1. The maximum atomic E-state index is 5.71. The Labute approximate surface area is 173 Å². The summed E-state index contributed by atoms with van der Waals surface area (Å²) < 4.78 is 7.95. The summed E-state index contributed by atoms with van der Waals surface area (Å²) in [6.45, 7) is 10.6. The molecule has 1 aliphatic carbocycles. The van der Waals surface area contributed by atoms with Crippen LogP contribution in [0.3, 0.4) is 0 Å². The van der Waals surface area contributed by atoms with E-state index in [-0.39, 0.29) is 35.0 Å². The Balaban J connectivity index is 0.00000243. The molecule has 3 rings (SSSR count). The Kier molecular flexibility index (Phi) is 6.58. The van der Waals surface area contributed by atoms with Crippen LogP contribution in [0.2, 0.25) is 0 Å². The van der Waals surface area contributed by atoms with Gasteiger partial charge in [-0.25, -0.2) is 0 Å². The first-order valence-electron chi connectivity index (χ1n) is 9.21. The van der Waals surface area contributed by atoms with Crippen LogP contribution >= 0.6 is 24.0 Å². The minimum absolute atomic E-state index is 0. The second-order valence-corrected chi connectivity index (χ2v) is 8.19. The van der Waals surface area contributed by atoms with E-state index in [1.54, 1.807) is 7.11 Å². The van der Waals surface area contributed by atoms with Gasteiger partial charge in [-0.2, -0.15) is 0 Å². The van der Waals surface area contributed by atoms with E-state index in [1.807, 2.05) is 14.0 Å². The highest BCUT2D eigenvalue weighted by Crippen LogP contribution is 2.51. The van der Waals surface area contributed by atoms with Crippen molar-refractivity contribution in [3.8, 4) is 0 Å². The van der Waals surface area contributed by atoms with Gasteiger partial charge in [-0.1, -0.05) is 13.8 Å². The molecule has 0 aromatic carbocycles. The molecule has 0 radical (unpaired) electrons. The molecule has 1 aliphatic heterocycles. The van der Waals surface area contributed by atoms with Crippen LogP contribution in [0, 0.1) is 18.3 Å². The van der Waals surface area contributed by atoms with Gasteiger partial charge in [0.15, 0.2) is 5.96 Å². The molecule has 0 spiro atoms. The molecule has 2 aliphatic rings. The normalized spacial score (nSPS) is 30.0. The molecule has 2 N–H and O–H groups in total. The number of nitrogens with one attached hydrogen (secondary N) is 2. The molecule has 0 saturated heterocycles. The van der Waals surface area contributed by atoms with E-state index >= 15 is 0 Å². The molecule has 2 heterocycles. The van der Waals surface area contributed by atoms with Gasteiger partial charge in [0.25, 0.3) is 0 Å². The fourth-order valence-electron chi connectivity index (χ4n) is 4.02. The zero-order valence-corrected chi connectivity index (χ0v) is 19.1. The SMILES string of the molecule is CN=C(NCC1CCc2nnc(C)n2C1)NC1CC(C)(OC)C1(C)C.I. The number of hydrogen-bond donors (Lipinski definition) is 2. The fourth-order valence-corrected chi connectivity index (χ4v) is 4.02. The Morgan fingerprint density at radius 2 is 2.08 bits per heavy atom. The van der Waals surface area contributed by atoms with Crippen molar-refractivity contribution in [1.29, 1.82) is 0 Å². The number of methoxy groups -OCH3 is 1. The molecular formula is C18H33IN6O. The number of aliphatic imine (C=N–C) groups is 1. The van der Waals surface area contributed by atoms with Crippen LogP contribution in [0.15, 0.2) is 4.99 Å². The average Bonchev–Trinajstić information content (AvgIpc) is 2.97. The van der Waals surface area contributed by atoms with Gasteiger partial charge in [0.2, 0.25) is 0 Å². The van der Waals surface area contributed by atoms with Gasteiger partial charge in [-0.05, 0) is 32.6 Å². The lowest BCUT2D eigenvalue weighted by Gasteiger charge is -2.59. The van der Waals surface area contributed by atoms with Gasteiger partial charge in [-0.15, -0.1) is 34.2 Å². The van der Waals surface area contributed by atoms with Gasteiger partial charge in [0.1, 0.15) is 11.6 Å². The van der Waals surface area contributed by atoms with Crippen LogP contribution in [-0.4, -0.2) is 53.1 Å². The number of hydrogen-bond acceptors (Lipinski definition) is 4. The van der Waals surface area contributed by atoms with Crippen molar-refractivity contribution >= 4 is 29.9 Å². The first-order valence-corrected chi connectivity index (χ1v) is 9.21. The van der Waals surface area contributed by atoms with Gasteiger partial charge in [0, 0.05) is 45.1 Å². The van der Waals surface area contributed by atoms with Gasteiger partial charge in [-0.3, -0.25) is 4.99 Å². The standard InChI is InChI=1S/C18H32N6O.HI/c1-12-22-23-15-8-7-13(11-24(12)15)10-20-16(19-5)21-14-9-18(4,25-6)17(14,2)3;/h13-14H,7-11H2,1-6H3,(H2,19,20,21);1H. The number of aryl methyl sites for hydroxylation is 2. The Hall–Kier alpha value is -0.900. The van der Waals surface area contributed by atoms with Crippen molar-refractivity contribution in [3.05, 3.63) is 11.6 Å². The van der Waals surface area contributed by atoms with Crippen LogP contribution in [0.5, 0.6) is 0 Å². The minimum atomic E-state index is -0.0742. The van der Waals surface area contributed by atoms with Crippen LogP contribution < -0.4 is 10.6 Å². The summed E-state index contributed by atoms with van der Waals surface area (Å²) in [5, 5.41) is 15.5. The highest BCUT2D eigenvalue weighted by atomic mass is 127. The molecule has 0 bridgehead atoms. The molecule has 148 valence electrons. The third kappa shape index (κ3) is 3.72. The zero-order chi connectivity index (χ0) is 18.2. The molecule has 1 aromatic heterocycles. The van der Waals surface area contributed by atoms with Crippen molar-refractivity contribution in [1.82, 2.24) is 25.4 Å². The van der Waals surface area contributed by atoms with E-state index in [0.29, 0.717) is 12.0 Å². The number of guanidine groups is 1. The fraction of sp³-hybridized carbons (Fsp3) is 0.833. The summed E-state index contributed by atoms with van der Waals surface area (Å²) in [6, 6.07) is 0.363. The van der Waals surface area contributed by atoms with Crippen LogP contribution in [-0.2, 0) is 17.7 Å². The third-order valence-electron chi connectivity index (χ3n) is 6.60. The van der Waals surface area contributed by atoms with E-state index in [0.717, 1.165) is 50.0 Å². The van der Waals surface area contributed by atoms with E-state index < -0.39 is 0 Å². The lowest BCUT2D eigenvalue weighted by atomic mass is 9.56. The summed E-state index contributed by atoms with van der Waals surface area (Å²) >= 11 is 0. The first kappa shape index (κ1) is 21.4. The summed E-state index contributed by atoms with van der Waals surface area (Å²) in [7, 11) is 3.63. The number of halogens is 1. The van der Waals surface area contributed by atoms with Crippen molar-refractivity contribution in [2.45, 2.75) is 65.1 Å². The van der Waals surface area contributed by atoms with E-state index in [2.05, 4.69) is 51.2 Å². The zero-order valence-electron chi connectivity index (χ0n) is 16.8. The third-order valence-corrected chi connectivity index (χ3v) is 6.60. The maximum absolute atomic E-state index is 5.71. The van der Waals surface area contributed by atoms with Gasteiger partial charge >= 0.3 is 0 Å². The monoisotopic (exact) mass is 476 g/mol. The molecular weight excluding hydrogens is 443 g/mol. The number of rotatable bonds is 4. The summed E-state index contributed by atoms with van der Waals surface area (Å²) in [4.78, 5) is 4.41. The molecule has 1 fully saturated rings. The van der Waals surface area contributed by atoms with Gasteiger partial charge in [0.05, 0.1) is 5.60 Å². The van der Waals surface area contributed by atoms with Crippen LogP contribution in [0.25, 0.3) is 0 Å². The molecule has 0 amide bonds. The van der Waals surface area contributed by atoms with Crippen molar-refractivity contribution in [2.24, 2.45) is 16.3 Å². The smallest absolute Gasteiger partial charge is 0.191 e. The topological polar surface area (TPSA) is 76.4 Å². The molecule has 3 unspecified atom stereocenters. The van der Waals surface area contributed by atoms with Gasteiger partial charge < -0.3 is 19.9 Å². The minimum Gasteiger partial charge on any atom is -0.378 e. The van der Waals surface area contributed by atoms with E-state index in [4.69, 9.17) is 4.74 Å². The second-order valence-electron chi connectivity index (χ2n) is 8.19. The molecule has 7 nitrogen and oxygen atoms in total. The second kappa shape index (κ2) is 8.00. The Bertz CT molecular complexity index is 658. The van der Waals surface area contributed by atoms with Crippen LogP contribution in [0.1, 0.15) is 45.3 Å². The Morgan fingerprint density at radius 1 is 1.35 bits per heavy atom.